The van der Waals surface area contributed by atoms with Crippen molar-refractivity contribution in [1.29, 1.82) is 0 Å². The number of hydrogen-bond acceptors (Lipinski definition) is 3. The van der Waals surface area contributed by atoms with Crippen LogP contribution in [0.15, 0.2) is 41.0 Å². The molecule has 1 heterocycles. The van der Waals surface area contributed by atoms with Crippen molar-refractivity contribution in [1.82, 2.24) is 4.98 Å². The first-order valence-electron chi connectivity index (χ1n) is 6.05. The first-order valence-corrected chi connectivity index (χ1v) is 6.84. The molecule has 0 saturated carbocycles. The van der Waals surface area contributed by atoms with E-state index >= 15 is 0 Å². The van der Waals surface area contributed by atoms with Crippen LogP contribution >= 0.6 is 15.9 Å². The van der Waals surface area contributed by atoms with Crippen molar-refractivity contribution in [2.45, 2.75) is 19.8 Å². The highest BCUT2D eigenvalue weighted by atomic mass is 79.9. The van der Waals surface area contributed by atoms with Crippen LogP contribution < -0.4 is 10.1 Å². The average molecular weight is 361 g/mol. The molecule has 3 nitrogen and oxygen atoms in total. The molecular weight excluding hydrogens is 349 g/mol. The molecule has 0 aliphatic heterocycles. The van der Waals surface area contributed by atoms with E-state index in [-0.39, 0.29) is 11.4 Å². The smallest absolute Gasteiger partial charge is 0.404 e. The van der Waals surface area contributed by atoms with E-state index < -0.39 is 6.36 Å². The van der Waals surface area contributed by atoms with Gasteiger partial charge in [0.1, 0.15) is 0 Å². The highest BCUT2D eigenvalue weighted by molar-refractivity contribution is 9.10. The predicted octanol–water partition coefficient (Wildman–Crippen LogP) is 4.66. The average Bonchev–Trinajstić information content (AvgIpc) is 2.38. The number of aromatic nitrogens is 1. The second-order valence-corrected chi connectivity index (χ2v) is 5.22. The van der Waals surface area contributed by atoms with Crippen molar-refractivity contribution in [2.75, 3.05) is 5.32 Å². The summed E-state index contributed by atoms with van der Waals surface area (Å²) in [4.78, 5) is 4.18. The van der Waals surface area contributed by atoms with E-state index in [9.17, 15) is 13.2 Å². The van der Waals surface area contributed by atoms with Gasteiger partial charge in [-0.05, 0) is 36.8 Å². The van der Waals surface area contributed by atoms with E-state index in [1.54, 1.807) is 18.3 Å². The summed E-state index contributed by atoms with van der Waals surface area (Å²) in [5.74, 6) is -0.287. The lowest BCUT2D eigenvalue weighted by atomic mass is 10.2. The lowest BCUT2D eigenvalue weighted by Crippen LogP contribution is -2.18. The van der Waals surface area contributed by atoms with E-state index in [2.05, 4.69) is 31.0 Å². The fourth-order valence-electron chi connectivity index (χ4n) is 1.73. The third kappa shape index (κ3) is 4.63. The highest BCUT2D eigenvalue weighted by Gasteiger charge is 2.32. The van der Waals surface area contributed by atoms with E-state index in [1.165, 1.54) is 12.1 Å². The standard InChI is InChI=1S/C14H12BrF3N2O/c1-9-3-2-6-19-12(9)8-20-11-5-4-10(15)7-13(11)21-14(16,17)18/h2-7,20H,8H2,1H3. The summed E-state index contributed by atoms with van der Waals surface area (Å²) in [6.07, 6.45) is -3.10. The van der Waals surface area contributed by atoms with Gasteiger partial charge in [0, 0.05) is 10.7 Å². The van der Waals surface area contributed by atoms with Gasteiger partial charge in [0.2, 0.25) is 0 Å². The third-order valence-corrected chi connectivity index (χ3v) is 3.23. The summed E-state index contributed by atoms with van der Waals surface area (Å²) >= 11 is 3.12. The largest absolute Gasteiger partial charge is 0.573 e. The monoisotopic (exact) mass is 360 g/mol. The number of anilines is 1. The van der Waals surface area contributed by atoms with E-state index in [0.29, 0.717) is 11.0 Å². The van der Waals surface area contributed by atoms with Crippen LogP contribution in [0.25, 0.3) is 0 Å². The number of benzene rings is 1. The molecule has 0 bridgehead atoms. The van der Waals surface area contributed by atoms with Gasteiger partial charge in [-0.25, -0.2) is 0 Å². The Balaban J connectivity index is 2.18. The van der Waals surface area contributed by atoms with Crippen molar-refractivity contribution in [2.24, 2.45) is 0 Å². The molecule has 0 atom stereocenters. The van der Waals surface area contributed by atoms with Gasteiger partial charge in [0.25, 0.3) is 0 Å². The number of ether oxygens (including phenoxy) is 1. The van der Waals surface area contributed by atoms with Gasteiger partial charge < -0.3 is 10.1 Å². The maximum absolute atomic E-state index is 12.4. The molecular formula is C14H12BrF3N2O. The third-order valence-electron chi connectivity index (χ3n) is 2.73. The molecule has 0 spiro atoms. The second kappa shape index (κ2) is 6.34. The minimum absolute atomic E-state index is 0.251. The van der Waals surface area contributed by atoms with Crippen molar-refractivity contribution >= 4 is 21.6 Å². The molecule has 112 valence electrons. The number of hydrogen-bond donors (Lipinski definition) is 1. The SMILES string of the molecule is Cc1cccnc1CNc1ccc(Br)cc1OC(F)(F)F. The highest BCUT2D eigenvalue weighted by Crippen LogP contribution is 2.33. The molecule has 2 rings (SSSR count). The van der Waals surface area contributed by atoms with Crippen molar-refractivity contribution in [3.63, 3.8) is 0 Å². The Morgan fingerprint density at radius 1 is 1.29 bits per heavy atom. The number of pyridine rings is 1. The van der Waals surface area contributed by atoms with Crippen LogP contribution in [0.3, 0.4) is 0 Å². The van der Waals surface area contributed by atoms with Crippen molar-refractivity contribution in [3.8, 4) is 5.75 Å². The topological polar surface area (TPSA) is 34.2 Å². The minimum atomic E-state index is -4.74. The number of alkyl halides is 3. The van der Waals surface area contributed by atoms with Crippen molar-refractivity contribution < 1.29 is 17.9 Å². The fourth-order valence-corrected chi connectivity index (χ4v) is 2.07. The molecule has 0 fully saturated rings. The summed E-state index contributed by atoms with van der Waals surface area (Å²) < 4.78 is 41.7. The second-order valence-electron chi connectivity index (χ2n) is 4.31. The van der Waals surface area contributed by atoms with Crippen LogP contribution in [-0.2, 0) is 6.54 Å². The summed E-state index contributed by atoms with van der Waals surface area (Å²) in [6.45, 7) is 2.20. The molecule has 1 aromatic carbocycles. The molecule has 0 saturated heterocycles. The summed E-state index contributed by atoms with van der Waals surface area (Å²) in [6, 6.07) is 8.11. The minimum Gasteiger partial charge on any atom is -0.404 e. The number of halogens is 4. The molecule has 7 heteroatoms. The number of aryl methyl sites for hydroxylation is 1. The molecule has 0 amide bonds. The van der Waals surface area contributed by atoms with Crippen LogP contribution in [0.5, 0.6) is 5.75 Å². The van der Waals surface area contributed by atoms with Crippen LogP contribution in [-0.4, -0.2) is 11.3 Å². The first-order chi connectivity index (χ1) is 9.85. The van der Waals surface area contributed by atoms with Crippen LogP contribution in [0.4, 0.5) is 18.9 Å². The number of nitrogens with zero attached hydrogens (tertiary/aromatic N) is 1. The lowest BCUT2D eigenvalue weighted by Gasteiger charge is -2.15. The Morgan fingerprint density at radius 3 is 2.71 bits per heavy atom. The molecule has 21 heavy (non-hydrogen) atoms. The Labute approximate surface area is 128 Å². The maximum atomic E-state index is 12.4. The van der Waals surface area contributed by atoms with Crippen LogP contribution in [0.2, 0.25) is 0 Å². The number of nitrogens with one attached hydrogen (secondary N) is 1. The molecule has 0 radical (unpaired) electrons. The normalized spacial score (nSPS) is 11.3. The van der Waals surface area contributed by atoms with Gasteiger partial charge in [0.05, 0.1) is 17.9 Å². The lowest BCUT2D eigenvalue weighted by molar-refractivity contribution is -0.274. The fraction of sp³-hybridized carbons (Fsp3) is 0.214. The zero-order chi connectivity index (χ0) is 15.5. The Bertz CT molecular complexity index is 632. The predicted molar refractivity (Wildman–Crippen MR) is 77.1 cm³/mol. The maximum Gasteiger partial charge on any atom is 0.573 e. The summed E-state index contributed by atoms with van der Waals surface area (Å²) in [5.41, 5.74) is 1.97. The summed E-state index contributed by atoms with van der Waals surface area (Å²) in [5, 5.41) is 2.91. The number of rotatable bonds is 4. The van der Waals surface area contributed by atoms with E-state index in [1.807, 2.05) is 13.0 Å². The van der Waals surface area contributed by atoms with Gasteiger partial charge in [0.15, 0.2) is 5.75 Å². The van der Waals surface area contributed by atoms with Gasteiger partial charge in [-0.2, -0.15) is 0 Å². The molecule has 0 unspecified atom stereocenters. The van der Waals surface area contributed by atoms with Crippen LogP contribution in [0, 0.1) is 6.92 Å². The quantitative estimate of drug-likeness (QED) is 0.860. The Hall–Kier alpha value is -1.76. The van der Waals surface area contributed by atoms with Gasteiger partial charge in [-0.15, -0.1) is 13.2 Å². The molecule has 1 aromatic heterocycles. The zero-order valence-corrected chi connectivity index (χ0v) is 12.6. The molecule has 0 aliphatic carbocycles. The van der Waals surface area contributed by atoms with Gasteiger partial charge in [-0.1, -0.05) is 22.0 Å². The van der Waals surface area contributed by atoms with Gasteiger partial charge >= 0.3 is 6.36 Å². The zero-order valence-electron chi connectivity index (χ0n) is 11.0. The van der Waals surface area contributed by atoms with Crippen LogP contribution in [0.1, 0.15) is 11.3 Å². The van der Waals surface area contributed by atoms with E-state index in [4.69, 9.17) is 0 Å². The molecule has 0 aliphatic rings. The van der Waals surface area contributed by atoms with Crippen molar-refractivity contribution in [3.05, 3.63) is 52.3 Å². The van der Waals surface area contributed by atoms with Gasteiger partial charge in [-0.3, -0.25) is 4.98 Å². The van der Waals surface area contributed by atoms with E-state index in [0.717, 1.165) is 11.3 Å². The molecule has 2 aromatic rings. The molecule has 1 N–H and O–H groups in total. The Morgan fingerprint density at radius 2 is 2.05 bits per heavy atom. The summed E-state index contributed by atoms with van der Waals surface area (Å²) in [7, 11) is 0. The Kier molecular flexibility index (Phi) is 4.72. The first kappa shape index (κ1) is 15.6.